The Morgan fingerprint density at radius 1 is 1.28 bits per heavy atom. The number of thioether (sulfide) groups is 1. The van der Waals surface area contributed by atoms with Crippen LogP contribution in [0.1, 0.15) is 18.1 Å². The maximum atomic E-state index is 12.9. The molecule has 3 nitrogen and oxygen atoms in total. The summed E-state index contributed by atoms with van der Waals surface area (Å²) in [7, 11) is 0. The number of thiocarbonyl (C=S) groups is 1. The summed E-state index contributed by atoms with van der Waals surface area (Å²) in [6.45, 7) is 4.41. The molecule has 1 fully saturated rings. The molecule has 2 aromatic rings. The van der Waals surface area contributed by atoms with Crippen LogP contribution in [0.3, 0.4) is 0 Å². The number of para-hydroxylation sites is 1. The quantitative estimate of drug-likeness (QED) is 0.513. The number of carbonyl (C=O) groups excluding carboxylic acids is 1. The van der Waals surface area contributed by atoms with Crippen LogP contribution < -0.4 is 9.64 Å². The van der Waals surface area contributed by atoms with Crippen LogP contribution in [0.4, 0.5) is 5.69 Å². The number of carbonyl (C=O) groups is 1. The van der Waals surface area contributed by atoms with Gasteiger partial charge in [-0.1, -0.05) is 53.8 Å². The summed E-state index contributed by atoms with van der Waals surface area (Å²) in [5.41, 5.74) is 2.57. The van der Waals surface area contributed by atoms with Gasteiger partial charge in [-0.25, -0.2) is 0 Å². The van der Waals surface area contributed by atoms with Gasteiger partial charge in [-0.15, -0.1) is 0 Å². The molecule has 0 radical (unpaired) electrons. The van der Waals surface area contributed by atoms with Gasteiger partial charge in [0.1, 0.15) is 5.75 Å². The molecular weight excluding hydrogens is 374 g/mol. The molecule has 0 spiro atoms. The number of aryl methyl sites for hydroxylation is 1. The zero-order chi connectivity index (χ0) is 18.0. The van der Waals surface area contributed by atoms with Crippen LogP contribution in [0.25, 0.3) is 6.08 Å². The molecule has 1 saturated heterocycles. The summed E-state index contributed by atoms with van der Waals surface area (Å²) in [5, 5.41) is 0.587. The van der Waals surface area contributed by atoms with Crippen LogP contribution in [0.15, 0.2) is 47.4 Å². The third kappa shape index (κ3) is 3.73. The van der Waals surface area contributed by atoms with Crippen molar-refractivity contribution in [2.45, 2.75) is 13.8 Å². The van der Waals surface area contributed by atoms with Crippen LogP contribution in [-0.2, 0) is 4.79 Å². The van der Waals surface area contributed by atoms with Gasteiger partial charge in [0.25, 0.3) is 5.91 Å². The molecular formula is C19H16ClNO2S2. The minimum absolute atomic E-state index is 0.133. The number of anilines is 1. The van der Waals surface area contributed by atoms with E-state index in [4.69, 9.17) is 28.6 Å². The fourth-order valence-electron chi connectivity index (χ4n) is 2.55. The summed E-state index contributed by atoms with van der Waals surface area (Å²) in [6.07, 6.45) is 1.79. The lowest BCUT2D eigenvalue weighted by atomic mass is 10.1. The molecule has 3 rings (SSSR count). The van der Waals surface area contributed by atoms with Crippen molar-refractivity contribution < 1.29 is 9.53 Å². The van der Waals surface area contributed by atoms with E-state index in [-0.39, 0.29) is 5.91 Å². The third-order valence-corrected chi connectivity index (χ3v) is 5.25. The minimum Gasteiger partial charge on any atom is -0.493 e. The number of hydrogen-bond acceptors (Lipinski definition) is 4. The Labute approximate surface area is 161 Å². The van der Waals surface area contributed by atoms with Crippen molar-refractivity contribution in [2.75, 3.05) is 11.5 Å². The van der Waals surface area contributed by atoms with E-state index in [0.29, 0.717) is 26.6 Å². The van der Waals surface area contributed by atoms with Crippen molar-refractivity contribution in [3.63, 3.8) is 0 Å². The van der Waals surface area contributed by atoms with E-state index < -0.39 is 0 Å². The van der Waals surface area contributed by atoms with Crippen molar-refractivity contribution >= 4 is 57.6 Å². The Bertz CT molecular complexity index is 879. The van der Waals surface area contributed by atoms with Crippen LogP contribution in [0, 0.1) is 6.92 Å². The maximum Gasteiger partial charge on any atom is 0.270 e. The molecule has 25 heavy (non-hydrogen) atoms. The minimum atomic E-state index is -0.133. The van der Waals surface area contributed by atoms with Gasteiger partial charge < -0.3 is 4.74 Å². The van der Waals surface area contributed by atoms with Crippen molar-refractivity contribution in [1.29, 1.82) is 0 Å². The normalized spacial score (nSPS) is 16.0. The van der Waals surface area contributed by atoms with Crippen molar-refractivity contribution in [3.8, 4) is 5.75 Å². The molecule has 0 bridgehead atoms. The average Bonchev–Trinajstić information content (AvgIpc) is 2.85. The lowest BCUT2D eigenvalue weighted by Crippen LogP contribution is -2.28. The van der Waals surface area contributed by atoms with Crippen LogP contribution in [0.2, 0.25) is 5.02 Å². The van der Waals surface area contributed by atoms with Gasteiger partial charge in [0.15, 0.2) is 4.32 Å². The molecule has 0 aromatic heterocycles. The van der Waals surface area contributed by atoms with E-state index in [2.05, 4.69) is 0 Å². The molecule has 2 aromatic carbocycles. The Hall–Kier alpha value is -1.82. The first-order valence-corrected chi connectivity index (χ1v) is 9.37. The number of nitrogens with zero attached hydrogens (tertiary/aromatic N) is 1. The second-order valence-electron chi connectivity index (χ2n) is 5.42. The number of halogens is 1. The number of hydrogen-bond donors (Lipinski definition) is 0. The van der Waals surface area contributed by atoms with E-state index >= 15 is 0 Å². The monoisotopic (exact) mass is 389 g/mol. The van der Waals surface area contributed by atoms with Gasteiger partial charge in [0.2, 0.25) is 0 Å². The first-order valence-electron chi connectivity index (χ1n) is 7.77. The molecule has 0 aliphatic carbocycles. The second kappa shape index (κ2) is 7.60. The molecule has 0 unspecified atom stereocenters. The van der Waals surface area contributed by atoms with Crippen molar-refractivity contribution in [2.24, 2.45) is 0 Å². The number of ether oxygens (including phenoxy) is 1. The van der Waals surface area contributed by atoms with Gasteiger partial charge in [-0.05, 0) is 49.8 Å². The first-order chi connectivity index (χ1) is 12.0. The molecule has 0 atom stereocenters. The Morgan fingerprint density at radius 2 is 2.04 bits per heavy atom. The zero-order valence-corrected chi connectivity index (χ0v) is 16.2. The predicted molar refractivity (Wildman–Crippen MR) is 109 cm³/mol. The lowest BCUT2D eigenvalue weighted by Gasteiger charge is -2.16. The summed E-state index contributed by atoms with van der Waals surface area (Å²) < 4.78 is 6.14. The van der Waals surface area contributed by atoms with E-state index in [9.17, 15) is 4.79 Å². The largest absolute Gasteiger partial charge is 0.493 e. The predicted octanol–water partition coefficient (Wildman–Crippen LogP) is 5.45. The highest BCUT2D eigenvalue weighted by Crippen LogP contribution is 2.38. The standard InChI is InChI=1S/C19H16ClNO2S2/c1-3-23-16-9-8-14(20)10-13(16)11-17-18(22)21(19(24)25-17)15-7-5-4-6-12(15)2/h4-11H,3H2,1-2H3/b17-11+. The highest BCUT2D eigenvalue weighted by atomic mass is 35.5. The molecule has 0 saturated carbocycles. The molecule has 1 aliphatic rings. The fraction of sp³-hybridized carbons (Fsp3) is 0.158. The lowest BCUT2D eigenvalue weighted by molar-refractivity contribution is -0.113. The van der Waals surface area contributed by atoms with Gasteiger partial charge >= 0.3 is 0 Å². The Kier molecular flexibility index (Phi) is 5.47. The van der Waals surface area contributed by atoms with Gasteiger partial charge in [0, 0.05) is 10.6 Å². The Balaban J connectivity index is 1.99. The smallest absolute Gasteiger partial charge is 0.270 e. The summed E-state index contributed by atoms with van der Waals surface area (Å²) in [4.78, 5) is 15.0. The summed E-state index contributed by atoms with van der Waals surface area (Å²) >= 11 is 12.8. The molecule has 0 N–H and O–H groups in total. The van der Waals surface area contributed by atoms with Crippen LogP contribution in [-0.4, -0.2) is 16.8 Å². The highest BCUT2D eigenvalue weighted by Gasteiger charge is 2.34. The van der Waals surface area contributed by atoms with E-state index in [1.807, 2.05) is 38.1 Å². The summed E-state index contributed by atoms with van der Waals surface area (Å²) in [5.74, 6) is 0.555. The van der Waals surface area contributed by atoms with Gasteiger partial charge in [-0.3, -0.25) is 9.69 Å². The SMILES string of the molecule is CCOc1ccc(Cl)cc1/C=C1/SC(=S)N(c2ccccc2C)C1=O. The molecule has 1 amide bonds. The number of benzene rings is 2. The second-order valence-corrected chi connectivity index (χ2v) is 7.53. The van der Waals surface area contributed by atoms with E-state index in [1.165, 1.54) is 11.8 Å². The van der Waals surface area contributed by atoms with Crippen LogP contribution >= 0.6 is 35.6 Å². The topological polar surface area (TPSA) is 29.5 Å². The van der Waals surface area contributed by atoms with Crippen molar-refractivity contribution in [3.05, 3.63) is 63.5 Å². The molecule has 1 heterocycles. The Morgan fingerprint density at radius 3 is 2.76 bits per heavy atom. The number of rotatable bonds is 4. The van der Waals surface area contributed by atoms with Gasteiger partial charge in [-0.2, -0.15) is 0 Å². The third-order valence-electron chi connectivity index (χ3n) is 3.71. The van der Waals surface area contributed by atoms with Crippen LogP contribution in [0.5, 0.6) is 5.75 Å². The van der Waals surface area contributed by atoms with E-state index in [0.717, 1.165) is 16.8 Å². The van der Waals surface area contributed by atoms with E-state index in [1.54, 1.807) is 29.2 Å². The highest BCUT2D eigenvalue weighted by molar-refractivity contribution is 8.27. The fourth-order valence-corrected chi connectivity index (χ4v) is 4.01. The van der Waals surface area contributed by atoms with Crippen molar-refractivity contribution in [1.82, 2.24) is 0 Å². The maximum absolute atomic E-state index is 12.9. The average molecular weight is 390 g/mol. The molecule has 128 valence electrons. The zero-order valence-electron chi connectivity index (χ0n) is 13.8. The molecule has 1 aliphatic heterocycles. The molecule has 6 heteroatoms. The number of amides is 1. The first kappa shape index (κ1) is 18.0. The summed E-state index contributed by atoms with van der Waals surface area (Å²) in [6, 6.07) is 13.0. The van der Waals surface area contributed by atoms with Gasteiger partial charge in [0.05, 0.1) is 17.2 Å².